The first-order valence-corrected chi connectivity index (χ1v) is 6.93. The number of nitrogen functional groups attached to an aromatic ring is 1. The van der Waals surface area contributed by atoms with Crippen molar-refractivity contribution in [2.45, 2.75) is 26.3 Å². The summed E-state index contributed by atoms with van der Waals surface area (Å²) in [6, 6.07) is 5.68. The molecule has 1 aliphatic heterocycles. The number of nitrogens with zero attached hydrogens (tertiary/aromatic N) is 2. The highest BCUT2D eigenvalue weighted by atomic mass is 16.2. The maximum absolute atomic E-state index is 12.7. The van der Waals surface area contributed by atoms with Gasteiger partial charge in [-0.25, -0.2) is 0 Å². The second-order valence-corrected chi connectivity index (χ2v) is 6.15. The average Bonchev–Trinajstić information content (AvgIpc) is 2.40. The molecule has 0 atom stereocenters. The molecule has 1 aliphatic rings. The van der Waals surface area contributed by atoms with Gasteiger partial charge in [0.2, 0.25) is 0 Å². The van der Waals surface area contributed by atoms with E-state index in [2.05, 4.69) is 31.2 Å². The summed E-state index contributed by atoms with van der Waals surface area (Å²) < 4.78 is 0. The van der Waals surface area contributed by atoms with Crippen LogP contribution < -0.4 is 11.3 Å². The summed E-state index contributed by atoms with van der Waals surface area (Å²) in [5.41, 5.74) is 5.02. The molecule has 0 aromatic heterocycles. The number of likely N-dealkylation sites (N-methyl/N-ethyl adjacent to an activating group) is 1. The third-order valence-electron chi connectivity index (χ3n) is 4.16. The highest BCUT2D eigenvalue weighted by Crippen LogP contribution is 2.23. The van der Waals surface area contributed by atoms with Crippen LogP contribution in [-0.4, -0.2) is 47.9 Å². The Hall–Kier alpha value is -1.59. The molecule has 110 valence electrons. The first-order valence-electron chi connectivity index (χ1n) is 6.93. The number of piperazine rings is 1. The maximum atomic E-state index is 12.7. The molecule has 1 aromatic rings. The molecule has 1 saturated heterocycles. The van der Waals surface area contributed by atoms with E-state index in [0.717, 1.165) is 25.2 Å². The molecule has 1 aromatic carbocycles. The molecule has 1 amide bonds. The number of carbonyl (C=O) groups excluding carboxylic acids is 1. The Morgan fingerprint density at radius 2 is 2.05 bits per heavy atom. The van der Waals surface area contributed by atoms with Gasteiger partial charge in [0.25, 0.3) is 5.91 Å². The second-order valence-electron chi connectivity index (χ2n) is 6.15. The molecule has 2 rings (SSSR count). The van der Waals surface area contributed by atoms with E-state index in [1.165, 1.54) is 0 Å². The molecule has 1 heterocycles. The smallest absolute Gasteiger partial charge is 0.256 e. The van der Waals surface area contributed by atoms with E-state index in [1.807, 2.05) is 30.0 Å². The minimum atomic E-state index is -0.00505. The van der Waals surface area contributed by atoms with Crippen LogP contribution in [0.2, 0.25) is 0 Å². The van der Waals surface area contributed by atoms with Crippen molar-refractivity contribution >= 4 is 11.6 Å². The number of anilines is 1. The van der Waals surface area contributed by atoms with Crippen molar-refractivity contribution in [1.82, 2.24) is 9.80 Å². The van der Waals surface area contributed by atoms with Crippen molar-refractivity contribution in [1.29, 1.82) is 0 Å². The van der Waals surface area contributed by atoms with E-state index in [0.29, 0.717) is 11.3 Å². The lowest BCUT2D eigenvalue weighted by molar-refractivity contribution is 0.0312. The van der Waals surface area contributed by atoms with Gasteiger partial charge in [-0.1, -0.05) is 6.07 Å². The van der Waals surface area contributed by atoms with Crippen molar-refractivity contribution < 1.29 is 4.79 Å². The zero-order valence-electron chi connectivity index (χ0n) is 12.7. The van der Waals surface area contributed by atoms with Crippen molar-refractivity contribution in [2.24, 2.45) is 5.84 Å². The predicted octanol–water partition coefficient (Wildman–Crippen LogP) is 1.45. The number of benzene rings is 1. The van der Waals surface area contributed by atoms with Gasteiger partial charge in [-0.15, -0.1) is 0 Å². The van der Waals surface area contributed by atoms with Crippen LogP contribution in [0.15, 0.2) is 18.2 Å². The van der Waals surface area contributed by atoms with E-state index in [1.54, 1.807) is 0 Å². The van der Waals surface area contributed by atoms with Crippen molar-refractivity contribution in [3.8, 4) is 0 Å². The lowest BCUT2D eigenvalue weighted by Gasteiger charge is -2.45. The van der Waals surface area contributed by atoms with Crippen LogP contribution in [-0.2, 0) is 0 Å². The van der Waals surface area contributed by atoms with Gasteiger partial charge in [-0.3, -0.25) is 15.5 Å². The first-order chi connectivity index (χ1) is 9.35. The second kappa shape index (κ2) is 5.42. The quantitative estimate of drug-likeness (QED) is 0.634. The average molecular weight is 276 g/mol. The summed E-state index contributed by atoms with van der Waals surface area (Å²) in [6.07, 6.45) is 0. The number of hydrazine groups is 1. The summed E-state index contributed by atoms with van der Waals surface area (Å²) in [7, 11) is 2.10. The molecule has 0 spiro atoms. The van der Waals surface area contributed by atoms with Crippen molar-refractivity contribution in [2.75, 3.05) is 32.1 Å². The normalized spacial score (nSPS) is 18.9. The third-order valence-corrected chi connectivity index (χ3v) is 4.16. The summed E-state index contributed by atoms with van der Waals surface area (Å²) in [4.78, 5) is 16.9. The Morgan fingerprint density at radius 1 is 1.35 bits per heavy atom. The fourth-order valence-corrected chi connectivity index (χ4v) is 2.55. The SMILES string of the molecule is Cc1ccc(C(=O)N2CCN(C)C(C)(C)C2)c(NN)c1. The van der Waals surface area contributed by atoms with Gasteiger partial charge in [0.15, 0.2) is 0 Å². The molecule has 3 N–H and O–H groups in total. The topological polar surface area (TPSA) is 61.6 Å². The summed E-state index contributed by atoms with van der Waals surface area (Å²) in [6.45, 7) is 8.65. The number of amides is 1. The molecular weight excluding hydrogens is 252 g/mol. The molecule has 5 heteroatoms. The fourth-order valence-electron chi connectivity index (χ4n) is 2.55. The van der Waals surface area contributed by atoms with Crippen molar-refractivity contribution in [3.63, 3.8) is 0 Å². The number of hydrogen-bond donors (Lipinski definition) is 2. The number of nitrogens with one attached hydrogen (secondary N) is 1. The Kier molecular flexibility index (Phi) is 4.01. The van der Waals surface area contributed by atoms with Crippen LogP contribution in [0.5, 0.6) is 0 Å². The summed E-state index contributed by atoms with van der Waals surface area (Å²) >= 11 is 0. The molecule has 0 saturated carbocycles. The van der Waals surface area contributed by atoms with E-state index in [4.69, 9.17) is 5.84 Å². The number of carbonyl (C=O) groups is 1. The number of aryl methyl sites for hydroxylation is 1. The monoisotopic (exact) mass is 276 g/mol. The Morgan fingerprint density at radius 3 is 2.65 bits per heavy atom. The fraction of sp³-hybridized carbons (Fsp3) is 0.533. The maximum Gasteiger partial charge on any atom is 0.256 e. The van der Waals surface area contributed by atoms with Gasteiger partial charge >= 0.3 is 0 Å². The van der Waals surface area contributed by atoms with E-state index < -0.39 is 0 Å². The van der Waals surface area contributed by atoms with Crippen LogP contribution in [0.3, 0.4) is 0 Å². The van der Waals surface area contributed by atoms with Crippen LogP contribution in [0.1, 0.15) is 29.8 Å². The number of nitrogens with two attached hydrogens (primary N) is 1. The standard InChI is InChI=1S/C15H24N4O/c1-11-5-6-12(13(9-11)17-16)14(20)19-8-7-18(4)15(2,3)10-19/h5-6,9,17H,7-8,10,16H2,1-4H3. The Balaban J connectivity index is 2.24. The highest BCUT2D eigenvalue weighted by Gasteiger charge is 2.34. The Bertz CT molecular complexity index is 513. The molecule has 20 heavy (non-hydrogen) atoms. The van der Waals surface area contributed by atoms with Gasteiger partial charge in [0.1, 0.15) is 0 Å². The van der Waals surface area contributed by atoms with Crippen molar-refractivity contribution in [3.05, 3.63) is 29.3 Å². The zero-order valence-corrected chi connectivity index (χ0v) is 12.7. The molecule has 0 unspecified atom stereocenters. The van der Waals surface area contributed by atoms with Gasteiger partial charge in [-0.2, -0.15) is 0 Å². The van der Waals surface area contributed by atoms with E-state index in [-0.39, 0.29) is 11.4 Å². The lowest BCUT2D eigenvalue weighted by Crippen LogP contribution is -2.58. The number of hydrogen-bond acceptors (Lipinski definition) is 4. The molecule has 0 aliphatic carbocycles. The highest BCUT2D eigenvalue weighted by molar-refractivity contribution is 5.99. The number of rotatable bonds is 2. The molecule has 1 fully saturated rings. The summed E-state index contributed by atoms with van der Waals surface area (Å²) in [5.74, 6) is 5.57. The minimum absolute atomic E-state index is 0.00505. The van der Waals surface area contributed by atoms with Gasteiger partial charge in [0, 0.05) is 25.2 Å². The Labute approximate surface area is 120 Å². The first kappa shape index (κ1) is 14.8. The lowest BCUT2D eigenvalue weighted by atomic mass is 9.98. The van der Waals surface area contributed by atoms with Crippen LogP contribution in [0, 0.1) is 6.92 Å². The van der Waals surface area contributed by atoms with Crippen LogP contribution >= 0.6 is 0 Å². The largest absolute Gasteiger partial charge is 0.335 e. The van der Waals surface area contributed by atoms with Gasteiger partial charge in [-0.05, 0) is 45.5 Å². The summed E-state index contributed by atoms with van der Waals surface area (Å²) in [5, 5.41) is 0. The van der Waals surface area contributed by atoms with E-state index >= 15 is 0 Å². The molecule has 0 bridgehead atoms. The van der Waals surface area contributed by atoms with Gasteiger partial charge in [0.05, 0.1) is 11.3 Å². The van der Waals surface area contributed by atoms with Crippen LogP contribution in [0.25, 0.3) is 0 Å². The van der Waals surface area contributed by atoms with Gasteiger partial charge < -0.3 is 10.3 Å². The molecular formula is C15H24N4O. The van der Waals surface area contributed by atoms with E-state index in [9.17, 15) is 4.79 Å². The molecule has 0 radical (unpaired) electrons. The molecule has 5 nitrogen and oxygen atoms in total. The predicted molar refractivity (Wildman–Crippen MR) is 81.6 cm³/mol. The minimum Gasteiger partial charge on any atom is -0.335 e. The zero-order chi connectivity index (χ0) is 14.9. The van der Waals surface area contributed by atoms with Crippen LogP contribution in [0.4, 0.5) is 5.69 Å². The third kappa shape index (κ3) is 2.78.